The van der Waals surface area contributed by atoms with Crippen LogP contribution in [-0.4, -0.2) is 34.3 Å². The first kappa shape index (κ1) is 15.3. The SMILES string of the molecule is Nc1cc(Cl)ccc1NC(=O)CS(=O)C1CCOCC1. The number of nitrogens with two attached hydrogens (primary N) is 1. The molecule has 20 heavy (non-hydrogen) atoms. The van der Waals surface area contributed by atoms with E-state index in [1.807, 2.05) is 0 Å². The van der Waals surface area contributed by atoms with Crippen molar-refractivity contribution in [2.45, 2.75) is 18.1 Å². The van der Waals surface area contributed by atoms with Gasteiger partial charge in [-0.3, -0.25) is 9.00 Å². The summed E-state index contributed by atoms with van der Waals surface area (Å²) in [5.74, 6) is -0.323. The summed E-state index contributed by atoms with van der Waals surface area (Å²) in [6.07, 6.45) is 1.48. The third kappa shape index (κ3) is 4.19. The zero-order valence-electron chi connectivity index (χ0n) is 10.9. The van der Waals surface area contributed by atoms with Crippen molar-refractivity contribution in [3.8, 4) is 0 Å². The smallest absolute Gasteiger partial charge is 0.237 e. The van der Waals surface area contributed by atoms with Crippen LogP contribution in [0.25, 0.3) is 0 Å². The van der Waals surface area contributed by atoms with Crippen LogP contribution in [0.3, 0.4) is 0 Å². The molecule has 0 spiro atoms. The van der Waals surface area contributed by atoms with Gasteiger partial charge in [0.15, 0.2) is 0 Å². The maximum Gasteiger partial charge on any atom is 0.237 e. The van der Waals surface area contributed by atoms with Crippen molar-refractivity contribution in [3.63, 3.8) is 0 Å². The van der Waals surface area contributed by atoms with Crippen LogP contribution in [0.15, 0.2) is 18.2 Å². The Morgan fingerprint density at radius 2 is 2.15 bits per heavy atom. The van der Waals surface area contributed by atoms with Gasteiger partial charge in [-0.05, 0) is 31.0 Å². The van der Waals surface area contributed by atoms with Gasteiger partial charge in [0.1, 0.15) is 5.75 Å². The maximum atomic E-state index is 12.1. The normalized spacial score (nSPS) is 17.6. The Balaban J connectivity index is 1.90. The summed E-state index contributed by atoms with van der Waals surface area (Å²) < 4.78 is 17.3. The second-order valence-electron chi connectivity index (χ2n) is 4.62. The number of hydrogen-bond donors (Lipinski definition) is 2. The average Bonchev–Trinajstić information content (AvgIpc) is 2.43. The van der Waals surface area contributed by atoms with Crippen LogP contribution >= 0.6 is 11.6 Å². The molecule has 1 amide bonds. The number of nitrogen functional groups attached to an aromatic ring is 1. The Hall–Kier alpha value is -1.11. The summed E-state index contributed by atoms with van der Waals surface area (Å²) >= 11 is 5.79. The zero-order chi connectivity index (χ0) is 14.5. The fraction of sp³-hybridized carbons (Fsp3) is 0.462. The third-order valence-electron chi connectivity index (χ3n) is 3.10. The van der Waals surface area contributed by atoms with E-state index in [4.69, 9.17) is 22.1 Å². The molecule has 7 heteroatoms. The highest BCUT2D eigenvalue weighted by Crippen LogP contribution is 2.22. The molecule has 1 aliphatic heterocycles. The highest BCUT2D eigenvalue weighted by Gasteiger charge is 2.22. The number of benzene rings is 1. The van der Waals surface area contributed by atoms with Gasteiger partial charge in [-0.1, -0.05) is 11.6 Å². The molecule has 0 bridgehead atoms. The van der Waals surface area contributed by atoms with Crippen molar-refractivity contribution in [2.24, 2.45) is 0 Å². The molecular weight excluding hydrogens is 300 g/mol. The lowest BCUT2D eigenvalue weighted by atomic mass is 10.2. The minimum Gasteiger partial charge on any atom is -0.397 e. The highest BCUT2D eigenvalue weighted by molar-refractivity contribution is 7.86. The average molecular weight is 317 g/mol. The van der Waals surface area contributed by atoms with E-state index in [2.05, 4.69) is 5.32 Å². The van der Waals surface area contributed by atoms with Gasteiger partial charge in [0.2, 0.25) is 5.91 Å². The topological polar surface area (TPSA) is 81.4 Å². The summed E-state index contributed by atoms with van der Waals surface area (Å²) in [4.78, 5) is 11.9. The van der Waals surface area contributed by atoms with Gasteiger partial charge in [-0.25, -0.2) is 0 Å². The van der Waals surface area contributed by atoms with Crippen molar-refractivity contribution >= 4 is 39.7 Å². The van der Waals surface area contributed by atoms with Crippen LogP contribution in [0.5, 0.6) is 0 Å². The van der Waals surface area contributed by atoms with Gasteiger partial charge in [0.25, 0.3) is 0 Å². The molecule has 1 aromatic carbocycles. The molecule has 0 saturated carbocycles. The van der Waals surface area contributed by atoms with E-state index >= 15 is 0 Å². The summed E-state index contributed by atoms with van der Waals surface area (Å²) in [7, 11) is -1.18. The number of carbonyl (C=O) groups excluding carboxylic acids is 1. The Kier molecular flexibility index (Phi) is 5.39. The lowest BCUT2D eigenvalue weighted by Crippen LogP contribution is -2.30. The predicted molar refractivity (Wildman–Crippen MR) is 81.3 cm³/mol. The highest BCUT2D eigenvalue weighted by atomic mass is 35.5. The number of hydrogen-bond acceptors (Lipinski definition) is 4. The quantitative estimate of drug-likeness (QED) is 0.830. The minimum atomic E-state index is -1.18. The molecule has 1 unspecified atom stereocenters. The lowest BCUT2D eigenvalue weighted by Gasteiger charge is -2.21. The Morgan fingerprint density at radius 3 is 2.80 bits per heavy atom. The van der Waals surface area contributed by atoms with Crippen LogP contribution in [0.2, 0.25) is 5.02 Å². The number of carbonyl (C=O) groups is 1. The van der Waals surface area contributed by atoms with Gasteiger partial charge >= 0.3 is 0 Å². The van der Waals surface area contributed by atoms with E-state index in [1.165, 1.54) is 0 Å². The molecule has 0 radical (unpaired) electrons. The molecule has 1 heterocycles. The van der Waals surface area contributed by atoms with E-state index < -0.39 is 10.8 Å². The Labute approximate surface area is 125 Å². The molecule has 1 atom stereocenters. The van der Waals surface area contributed by atoms with E-state index in [1.54, 1.807) is 18.2 Å². The van der Waals surface area contributed by atoms with Crippen molar-refractivity contribution in [1.82, 2.24) is 0 Å². The number of rotatable bonds is 4. The van der Waals surface area contributed by atoms with E-state index in [9.17, 15) is 9.00 Å². The fourth-order valence-electron chi connectivity index (χ4n) is 2.02. The molecular formula is C13H17ClN2O3S. The van der Waals surface area contributed by atoms with E-state index in [0.29, 0.717) is 29.6 Å². The summed E-state index contributed by atoms with van der Waals surface area (Å²) in [6.45, 7) is 1.23. The molecule has 1 fully saturated rings. The summed E-state index contributed by atoms with van der Waals surface area (Å²) in [5, 5.41) is 3.21. The third-order valence-corrected chi connectivity index (χ3v) is 5.10. The van der Waals surface area contributed by atoms with Crippen LogP contribution in [0.4, 0.5) is 11.4 Å². The molecule has 110 valence electrons. The number of amides is 1. The van der Waals surface area contributed by atoms with Crippen molar-refractivity contribution in [2.75, 3.05) is 30.0 Å². The van der Waals surface area contributed by atoms with Gasteiger partial charge in [-0.15, -0.1) is 0 Å². The second-order valence-corrected chi connectivity index (χ2v) is 6.77. The number of anilines is 2. The monoisotopic (exact) mass is 316 g/mol. The van der Waals surface area contributed by atoms with Gasteiger partial charge in [0, 0.05) is 34.3 Å². The minimum absolute atomic E-state index is 0.0211. The second kappa shape index (κ2) is 7.06. The van der Waals surface area contributed by atoms with Gasteiger partial charge in [0.05, 0.1) is 11.4 Å². The molecule has 1 saturated heterocycles. The van der Waals surface area contributed by atoms with Crippen LogP contribution < -0.4 is 11.1 Å². The van der Waals surface area contributed by atoms with Gasteiger partial charge < -0.3 is 15.8 Å². The predicted octanol–water partition coefficient (Wildman–Crippen LogP) is 1.79. The lowest BCUT2D eigenvalue weighted by molar-refractivity contribution is -0.113. The van der Waals surface area contributed by atoms with Gasteiger partial charge in [-0.2, -0.15) is 0 Å². The molecule has 5 nitrogen and oxygen atoms in total. The number of halogens is 1. The molecule has 1 aromatic rings. The van der Waals surface area contributed by atoms with Crippen LogP contribution in [-0.2, 0) is 20.3 Å². The zero-order valence-corrected chi connectivity index (χ0v) is 12.5. The number of nitrogens with one attached hydrogen (secondary N) is 1. The standard InChI is InChI=1S/C13H17ClN2O3S/c14-9-1-2-12(11(15)7-9)16-13(17)8-20(18)10-3-5-19-6-4-10/h1-2,7,10H,3-6,8,15H2,(H,16,17). The summed E-state index contributed by atoms with van der Waals surface area (Å²) in [6, 6.07) is 4.84. The Morgan fingerprint density at radius 1 is 1.45 bits per heavy atom. The fourth-order valence-corrected chi connectivity index (χ4v) is 3.48. The molecule has 3 N–H and O–H groups in total. The Bertz CT molecular complexity index is 518. The van der Waals surface area contributed by atoms with Crippen molar-refractivity contribution < 1.29 is 13.7 Å². The van der Waals surface area contributed by atoms with E-state index in [-0.39, 0.29) is 16.9 Å². The van der Waals surface area contributed by atoms with Crippen molar-refractivity contribution in [3.05, 3.63) is 23.2 Å². The molecule has 0 aromatic heterocycles. The first-order chi connectivity index (χ1) is 9.56. The maximum absolute atomic E-state index is 12.1. The molecule has 2 rings (SSSR count). The van der Waals surface area contributed by atoms with Crippen LogP contribution in [0.1, 0.15) is 12.8 Å². The molecule has 1 aliphatic rings. The molecule has 0 aliphatic carbocycles. The van der Waals surface area contributed by atoms with E-state index in [0.717, 1.165) is 12.8 Å². The summed E-state index contributed by atoms with van der Waals surface area (Å²) in [5.41, 5.74) is 6.63. The first-order valence-corrected chi connectivity index (χ1v) is 8.12. The van der Waals surface area contributed by atoms with Crippen molar-refractivity contribution in [1.29, 1.82) is 0 Å². The first-order valence-electron chi connectivity index (χ1n) is 6.36. The number of ether oxygens (including phenoxy) is 1. The van der Waals surface area contributed by atoms with Crippen LogP contribution in [0, 0.1) is 0 Å². The largest absolute Gasteiger partial charge is 0.397 e.